The quantitative estimate of drug-likeness (QED) is 0.848. The summed E-state index contributed by atoms with van der Waals surface area (Å²) in [5.74, 6) is 0.237. The summed E-state index contributed by atoms with van der Waals surface area (Å²) < 4.78 is 0.933. The minimum atomic E-state index is -0.109. The van der Waals surface area contributed by atoms with Gasteiger partial charge in [-0.05, 0) is 37.0 Å². The summed E-state index contributed by atoms with van der Waals surface area (Å²) in [5.41, 5.74) is 1.55. The molecule has 2 N–H and O–H groups in total. The first-order valence-corrected chi connectivity index (χ1v) is 8.06. The Balaban J connectivity index is 1.69. The number of rotatable bonds is 4. The summed E-state index contributed by atoms with van der Waals surface area (Å²) in [6.45, 7) is 1.47. The van der Waals surface area contributed by atoms with Gasteiger partial charge in [0.05, 0.1) is 10.2 Å². The Morgan fingerprint density at radius 1 is 1.36 bits per heavy atom. The van der Waals surface area contributed by atoms with Gasteiger partial charge in [0, 0.05) is 19.0 Å². The number of hydrogen-bond acceptors (Lipinski definition) is 4. The second-order valence-electron chi connectivity index (χ2n) is 5.40. The van der Waals surface area contributed by atoms with E-state index in [2.05, 4.69) is 27.8 Å². The van der Waals surface area contributed by atoms with E-state index >= 15 is 0 Å². The van der Waals surface area contributed by atoms with Crippen LogP contribution in [0.15, 0.2) is 30.4 Å². The Labute approximate surface area is 132 Å². The maximum absolute atomic E-state index is 12.0. The van der Waals surface area contributed by atoms with E-state index in [9.17, 15) is 9.59 Å². The molecule has 6 heteroatoms. The number of carbonyl (C=O) groups excluding carboxylic acids is 2. The van der Waals surface area contributed by atoms with Crippen LogP contribution in [-0.4, -0.2) is 16.8 Å². The minimum Gasteiger partial charge on any atom is -0.326 e. The smallest absolute Gasteiger partial charge is 0.226 e. The first-order valence-electron chi connectivity index (χ1n) is 7.25. The van der Waals surface area contributed by atoms with Gasteiger partial charge in [-0.15, -0.1) is 0 Å². The van der Waals surface area contributed by atoms with Crippen LogP contribution in [0.2, 0.25) is 0 Å². The molecule has 1 aromatic heterocycles. The fourth-order valence-electron chi connectivity index (χ4n) is 2.53. The van der Waals surface area contributed by atoms with Gasteiger partial charge < -0.3 is 10.6 Å². The summed E-state index contributed by atoms with van der Waals surface area (Å²) in [5, 5.41) is 6.20. The van der Waals surface area contributed by atoms with Crippen LogP contribution in [0.3, 0.4) is 0 Å². The molecule has 0 saturated heterocycles. The Hall–Kier alpha value is -2.21. The third-order valence-corrected chi connectivity index (χ3v) is 4.45. The third-order valence-electron chi connectivity index (χ3n) is 3.52. The van der Waals surface area contributed by atoms with Crippen LogP contribution in [0.1, 0.15) is 26.2 Å². The van der Waals surface area contributed by atoms with Crippen molar-refractivity contribution in [2.45, 2.75) is 26.2 Å². The lowest BCUT2D eigenvalue weighted by atomic mass is 10.1. The predicted molar refractivity (Wildman–Crippen MR) is 89.0 cm³/mol. The molecule has 1 heterocycles. The molecule has 2 aromatic rings. The van der Waals surface area contributed by atoms with Crippen molar-refractivity contribution in [2.24, 2.45) is 5.92 Å². The van der Waals surface area contributed by atoms with E-state index in [1.807, 2.05) is 12.1 Å². The van der Waals surface area contributed by atoms with Crippen LogP contribution < -0.4 is 10.6 Å². The standard InChI is InChI=1S/C16H17N3O2S/c1-10(20)17-12-6-7-13-14(9-12)22-16(18-13)19-15(21)8-11-4-2-3-5-11/h2,4,6-7,9,11H,3,5,8H2,1H3,(H,17,20)(H,18,19,21)/t11-/m0/s1. The van der Waals surface area contributed by atoms with E-state index in [1.165, 1.54) is 18.3 Å². The number of carbonyl (C=O) groups is 2. The van der Waals surface area contributed by atoms with Gasteiger partial charge in [0.1, 0.15) is 0 Å². The average Bonchev–Trinajstić information content (AvgIpc) is 3.06. The van der Waals surface area contributed by atoms with Gasteiger partial charge in [0.25, 0.3) is 0 Å². The van der Waals surface area contributed by atoms with Crippen molar-refractivity contribution in [3.05, 3.63) is 30.4 Å². The number of nitrogens with one attached hydrogen (secondary N) is 2. The second kappa shape index (κ2) is 6.27. The summed E-state index contributed by atoms with van der Waals surface area (Å²) in [6, 6.07) is 5.51. The molecule has 0 radical (unpaired) electrons. The van der Waals surface area contributed by atoms with Gasteiger partial charge in [-0.1, -0.05) is 23.5 Å². The Morgan fingerprint density at radius 3 is 2.95 bits per heavy atom. The number of thiazole rings is 1. The maximum atomic E-state index is 12.0. The SMILES string of the molecule is CC(=O)Nc1ccc2nc(NC(=O)C[C@H]3C=CCC3)sc2c1. The van der Waals surface area contributed by atoms with Crippen molar-refractivity contribution in [3.63, 3.8) is 0 Å². The molecule has 22 heavy (non-hydrogen) atoms. The number of hydrogen-bond donors (Lipinski definition) is 2. The zero-order valence-corrected chi connectivity index (χ0v) is 13.1. The number of anilines is 2. The van der Waals surface area contributed by atoms with Crippen LogP contribution in [0.4, 0.5) is 10.8 Å². The van der Waals surface area contributed by atoms with Gasteiger partial charge >= 0.3 is 0 Å². The normalized spacial score (nSPS) is 16.9. The molecule has 0 unspecified atom stereocenters. The molecular formula is C16H17N3O2S. The van der Waals surface area contributed by atoms with Gasteiger partial charge in [-0.25, -0.2) is 4.98 Å². The fourth-order valence-corrected chi connectivity index (χ4v) is 3.45. The van der Waals surface area contributed by atoms with Crippen molar-refractivity contribution in [1.82, 2.24) is 4.98 Å². The highest BCUT2D eigenvalue weighted by Gasteiger charge is 2.15. The molecule has 114 valence electrons. The third kappa shape index (κ3) is 3.51. The van der Waals surface area contributed by atoms with Gasteiger partial charge in [-0.3, -0.25) is 9.59 Å². The molecule has 0 aliphatic heterocycles. The highest BCUT2D eigenvalue weighted by molar-refractivity contribution is 7.22. The summed E-state index contributed by atoms with van der Waals surface area (Å²) >= 11 is 1.41. The first-order chi connectivity index (χ1) is 10.6. The Bertz CT molecular complexity index is 751. The number of fused-ring (bicyclic) bond motifs is 1. The summed E-state index contributed by atoms with van der Waals surface area (Å²) in [6.07, 6.45) is 6.85. The van der Waals surface area contributed by atoms with E-state index in [-0.39, 0.29) is 11.8 Å². The largest absolute Gasteiger partial charge is 0.326 e. The molecular weight excluding hydrogens is 298 g/mol. The zero-order valence-electron chi connectivity index (χ0n) is 12.3. The maximum Gasteiger partial charge on any atom is 0.226 e. The molecule has 3 rings (SSSR count). The number of benzene rings is 1. The number of nitrogens with zero attached hydrogens (tertiary/aromatic N) is 1. The predicted octanol–water partition coefficient (Wildman–Crippen LogP) is 3.55. The van der Waals surface area contributed by atoms with Gasteiger partial charge in [-0.2, -0.15) is 0 Å². The van der Waals surface area contributed by atoms with Gasteiger partial charge in [0.15, 0.2) is 5.13 Å². The van der Waals surface area contributed by atoms with E-state index in [0.29, 0.717) is 17.5 Å². The highest BCUT2D eigenvalue weighted by Crippen LogP contribution is 2.29. The molecule has 1 aliphatic carbocycles. The van der Waals surface area contributed by atoms with E-state index in [4.69, 9.17) is 0 Å². The highest BCUT2D eigenvalue weighted by atomic mass is 32.1. The number of aromatic nitrogens is 1. The van der Waals surface area contributed by atoms with E-state index in [1.54, 1.807) is 6.07 Å². The lowest BCUT2D eigenvalue weighted by molar-refractivity contribution is -0.117. The van der Waals surface area contributed by atoms with Crippen LogP contribution in [0.25, 0.3) is 10.2 Å². The van der Waals surface area contributed by atoms with E-state index in [0.717, 1.165) is 28.7 Å². The van der Waals surface area contributed by atoms with Crippen molar-refractivity contribution in [1.29, 1.82) is 0 Å². The molecule has 1 aliphatic rings. The lowest BCUT2D eigenvalue weighted by Crippen LogP contribution is -2.14. The van der Waals surface area contributed by atoms with Crippen LogP contribution in [-0.2, 0) is 9.59 Å². The zero-order chi connectivity index (χ0) is 15.5. The number of allylic oxidation sites excluding steroid dienone is 2. The molecule has 5 nitrogen and oxygen atoms in total. The summed E-state index contributed by atoms with van der Waals surface area (Å²) in [4.78, 5) is 27.5. The van der Waals surface area contributed by atoms with Crippen molar-refractivity contribution >= 4 is 44.2 Å². The van der Waals surface area contributed by atoms with Crippen molar-refractivity contribution in [2.75, 3.05) is 10.6 Å². The number of amides is 2. The Kier molecular flexibility index (Phi) is 4.20. The second-order valence-corrected chi connectivity index (χ2v) is 6.43. The topological polar surface area (TPSA) is 71.1 Å². The van der Waals surface area contributed by atoms with Crippen LogP contribution >= 0.6 is 11.3 Å². The average molecular weight is 315 g/mol. The molecule has 2 amide bonds. The molecule has 1 aromatic carbocycles. The first kappa shape index (κ1) is 14.7. The molecule has 1 atom stereocenters. The molecule has 0 saturated carbocycles. The van der Waals surface area contributed by atoms with E-state index < -0.39 is 0 Å². The van der Waals surface area contributed by atoms with Crippen LogP contribution in [0, 0.1) is 5.92 Å². The minimum absolute atomic E-state index is 0.00214. The molecule has 0 bridgehead atoms. The van der Waals surface area contributed by atoms with Crippen molar-refractivity contribution in [3.8, 4) is 0 Å². The monoisotopic (exact) mass is 315 g/mol. The summed E-state index contributed by atoms with van der Waals surface area (Å²) in [7, 11) is 0. The molecule has 0 spiro atoms. The van der Waals surface area contributed by atoms with Crippen LogP contribution in [0.5, 0.6) is 0 Å². The Morgan fingerprint density at radius 2 is 2.23 bits per heavy atom. The van der Waals surface area contributed by atoms with Gasteiger partial charge in [0.2, 0.25) is 11.8 Å². The fraction of sp³-hybridized carbons (Fsp3) is 0.312. The molecule has 0 fully saturated rings. The lowest BCUT2D eigenvalue weighted by Gasteiger charge is -2.06. The van der Waals surface area contributed by atoms with Crippen molar-refractivity contribution < 1.29 is 9.59 Å².